The molecule has 0 aliphatic heterocycles. The second kappa shape index (κ2) is 3.73. The van der Waals surface area contributed by atoms with Crippen LogP contribution in [0, 0.1) is 9.49 Å². The molecule has 0 spiro atoms. The summed E-state index contributed by atoms with van der Waals surface area (Å²) in [6.07, 6.45) is 7.33. The molecule has 2 aliphatic rings. The molecule has 2 saturated carbocycles. The second-order valence-corrected chi connectivity index (χ2v) is 6.01. The van der Waals surface area contributed by atoms with Crippen molar-refractivity contribution in [3.05, 3.63) is 15.5 Å². The third-order valence-electron chi connectivity index (χ3n) is 3.60. The molecule has 0 unspecified atom stereocenters. The molecule has 15 heavy (non-hydrogen) atoms. The molecule has 1 aromatic heterocycles. The van der Waals surface area contributed by atoms with Crippen LogP contribution in [0.25, 0.3) is 0 Å². The summed E-state index contributed by atoms with van der Waals surface area (Å²) in [6, 6.07) is 0.625. The Bertz CT molecular complexity index is 364. The van der Waals surface area contributed by atoms with E-state index >= 15 is 0 Å². The number of hydrogen-bond acceptors (Lipinski definition) is 2. The van der Waals surface area contributed by atoms with Crippen molar-refractivity contribution < 1.29 is 0 Å². The fraction of sp³-hybridized carbons (Fsp3) is 0.727. The first-order chi connectivity index (χ1) is 7.28. The summed E-state index contributed by atoms with van der Waals surface area (Å²) in [5.74, 6) is 1.50. The summed E-state index contributed by atoms with van der Waals surface area (Å²) >= 11 is 2.42. The van der Waals surface area contributed by atoms with Crippen LogP contribution < -0.4 is 5.73 Å². The molecular formula is C11H16IN3. The molecule has 2 fully saturated rings. The van der Waals surface area contributed by atoms with Crippen molar-refractivity contribution >= 4 is 22.6 Å². The highest BCUT2D eigenvalue weighted by Crippen LogP contribution is 2.43. The number of nitrogens with zero attached hydrogens (tertiary/aromatic N) is 2. The maximum Gasteiger partial charge on any atom is 0.0788 e. The highest BCUT2D eigenvalue weighted by Gasteiger charge is 2.33. The van der Waals surface area contributed by atoms with Crippen LogP contribution in [0.1, 0.15) is 43.3 Å². The minimum atomic E-state index is 0.625. The van der Waals surface area contributed by atoms with Gasteiger partial charge in [0.1, 0.15) is 0 Å². The van der Waals surface area contributed by atoms with E-state index in [0.29, 0.717) is 6.04 Å². The summed E-state index contributed by atoms with van der Waals surface area (Å²) < 4.78 is 3.54. The normalized spacial score (nSPS) is 30.3. The lowest BCUT2D eigenvalue weighted by atomic mass is 9.80. The Hall–Kier alpha value is -0.100. The van der Waals surface area contributed by atoms with E-state index in [9.17, 15) is 0 Å². The maximum atomic E-state index is 5.64. The molecule has 3 rings (SSSR count). The average Bonchev–Trinajstić information content (AvgIpc) is 2.90. The summed E-state index contributed by atoms with van der Waals surface area (Å²) in [7, 11) is 0. The molecule has 82 valence electrons. The number of rotatable bonds is 3. The van der Waals surface area contributed by atoms with Gasteiger partial charge in [-0.05, 0) is 60.7 Å². The Balaban J connectivity index is 1.73. The Morgan fingerprint density at radius 3 is 2.80 bits per heavy atom. The van der Waals surface area contributed by atoms with Gasteiger partial charge in [0.25, 0.3) is 0 Å². The molecular weight excluding hydrogens is 301 g/mol. The third-order valence-corrected chi connectivity index (χ3v) is 4.43. The second-order valence-electron chi connectivity index (χ2n) is 4.84. The van der Waals surface area contributed by atoms with Crippen LogP contribution in [-0.2, 0) is 0 Å². The molecule has 3 nitrogen and oxygen atoms in total. The summed E-state index contributed by atoms with van der Waals surface area (Å²) in [5.41, 5.74) is 6.98. The van der Waals surface area contributed by atoms with Crippen LogP contribution in [0.4, 0.5) is 0 Å². The Kier molecular flexibility index (Phi) is 2.51. The monoisotopic (exact) mass is 317 g/mol. The van der Waals surface area contributed by atoms with Crippen molar-refractivity contribution in [1.82, 2.24) is 9.78 Å². The molecule has 1 heterocycles. The number of halogens is 1. The summed E-state index contributed by atoms with van der Waals surface area (Å²) in [4.78, 5) is 0. The van der Waals surface area contributed by atoms with Crippen LogP contribution in [-0.4, -0.2) is 16.3 Å². The van der Waals surface area contributed by atoms with Gasteiger partial charge in [0.15, 0.2) is 0 Å². The van der Waals surface area contributed by atoms with Crippen LogP contribution >= 0.6 is 22.6 Å². The van der Waals surface area contributed by atoms with Gasteiger partial charge in [-0.3, -0.25) is 4.68 Å². The zero-order valence-corrected chi connectivity index (χ0v) is 10.9. The quantitative estimate of drug-likeness (QED) is 0.869. The van der Waals surface area contributed by atoms with Crippen LogP contribution in [0.2, 0.25) is 0 Å². The SMILES string of the molecule is NCC1CC(n2cc(I)c(C3CC3)n2)C1. The molecule has 1 aromatic rings. The molecule has 0 aromatic carbocycles. The van der Waals surface area contributed by atoms with Gasteiger partial charge in [-0.2, -0.15) is 5.10 Å². The Morgan fingerprint density at radius 1 is 1.47 bits per heavy atom. The van der Waals surface area contributed by atoms with E-state index in [-0.39, 0.29) is 0 Å². The topological polar surface area (TPSA) is 43.8 Å². The van der Waals surface area contributed by atoms with E-state index in [2.05, 4.69) is 33.5 Å². The first-order valence-electron chi connectivity index (χ1n) is 5.72. The zero-order valence-electron chi connectivity index (χ0n) is 8.69. The first-order valence-corrected chi connectivity index (χ1v) is 6.80. The first kappa shape index (κ1) is 10.1. The van der Waals surface area contributed by atoms with Crippen LogP contribution in [0.15, 0.2) is 6.20 Å². The molecule has 2 N–H and O–H groups in total. The molecule has 4 heteroatoms. The zero-order chi connectivity index (χ0) is 10.4. The van der Waals surface area contributed by atoms with Crippen molar-refractivity contribution in [3.63, 3.8) is 0 Å². The standard InChI is InChI=1S/C11H16IN3/c12-10-6-15(9-3-7(4-9)5-13)14-11(10)8-1-2-8/h6-9H,1-5,13H2. The predicted molar refractivity (Wildman–Crippen MR) is 67.7 cm³/mol. The number of hydrogen-bond donors (Lipinski definition) is 1. The number of nitrogens with two attached hydrogens (primary N) is 1. The minimum Gasteiger partial charge on any atom is -0.330 e. The maximum absolute atomic E-state index is 5.64. The van der Waals surface area contributed by atoms with Crippen molar-refractivity contribution in [2.45, 2.75) is 37.6 Å². The minimum absolute atomic E-state index is 0.625. The largest absolute Gasteiger partial charge is 0.330 e. The van der Waals surface area contributed by atoms with E-state index in [1.54, 1.807) is 0 Å². The molecule has 0 saturated heterocycles. The fourth-order valence-electron chi connectivity index (χ4n) is 2.31. The van der Waals surface area contributed by atoms with Crippen LogP contribution in [0.3, 0.4) is 0 Å². The van der Waals surface area contributed by atoms with Gasteiger partial charge in [0.05, 0.1) is 15.3 Å². The van der Waals surface area contributed by atoms with Gasteiger partial charge in [-0.15, -0.1) is 0 Å². The summed E-state index contributed by atoms with van der Waals surface area (Å²) in [5, 5.41) is 4.73. The Morgan fingerprint density at radius 2 is 2.20 bits per heavy atom. The lowest BCUT2D eigenvalue weighted by Crippen LogP contribution is -2.32. The predicted octanol–water partition coefficient (Wildman–Crippen LogP) is 2.27. The Labute approximate surface area is 104 Å². The van der Waals surface area contributed by atoms with Crippen molar-refractivity contribution in [3.8, 4) is 0 Å². The molecule has 0 amide bonds. The van der Waals surface area contributed by atoms with E-state index in [0.717, 1.165) is 18.4 Å². The van der Waals surface area contributed by atoms with Gasteiger partial charge in [-0.1, -0.05) is 0 Å². The summed E-state index contributed by atoms with van der Waals surface area (Å²) in [6.45, 7) is 0.838. The molecule has 0 atom stereocenters. The smallest absolute Gasteiger partial charge is 0.0788 e. The van der Waals surface area contributed by atoms with Gasteiger partial charge in [0.2, 0.25) is 0 Å². The lowest BCUT2D eigenvalue weighted by Gasteiger charge is -2.34. The van der Waals surface area contributed by atoms with Gasteiger partial charge in [-0.25, -0.2) is 0 Å². The molecule has 2 aliphatic carbocycles. The lowest BCUT2D eigenvalue weighted by molar-refractivity contribution is 0.189. The van der Waals surface area contributed by atoms with Crippen molar-refractivity contribution in [1.29, 1.82) is 0 Å². The highest BCUT2D eigenvalue weighted by molar-refractivity contribution is 14.1. The fourth-order valence-corrected chi connectivity index (χ4v) is 3.15. The highest BCUT2D eigenvalue weighted by atomic mass is 127. The van der Waals surface area contributed by atoms with Crippen molar-refractivity contribution in [2.75, 3.05) is 6.54 Å². The molecule has 0 radical (unpaired) electrons. The molecule has 0 bridgehead atoms. The van der Waals surface area contributed by atoms with E-state index in [1.807, 2.05) is 0 Å². The van der Waals surface area contributed by atoms with Gasteiger partial charge < -0.3 is 5.73 Å². The number of aromatic nitrogens is 2. The van der Waals surface area contributed by atoms with E-state index in [4.69, 9.17) is 10.8 Å². The van der Waals surface area contributed by atoms with Gasteiger partial charge in [0, 0.05) is 12.1 Å². The van der Waals surface area contributed by atoms with E-state index in [1.165, 1.54) is 34.9 Å². The van der Waals surface area contributed by atoms with Crippen LogP contribution in [0.5, 0.6) is 0 Å². The third kappa shape index (κ3) is 1.82. The van der Waals surface area contributed by atoms with E-state index < -0.39 is 0 Å². The van der Waals surface area contributed by atoms with Crippen molar-refractivity contribution in [2.24, 2.45) is 11.7 Å². The van der Waals surface area contributed by atoms with Gasteiger partial charge >= 0.3 is 0 Å². The average molecular weight is 317 g/mol.